The molecule has 34 heavy (non-hydrogen) atoms. The van der Waals surface area contributed by atoms with Crippen molar-refractivity contribution < 1.29 is 31.9 Å². The van der Waals surface area contributed by atoms with Crippen LogP contribution in [0.3, 0.4) is 0 Å². The van der Waals surface area contributed by atoms with E-state index in [1.54, 1.807) is 36.4 Å². The number of nitrogens with zero attached hydrogens (tertiary/aromatic N) is 3. The van der Waals surface area contributed by atoms with Crippen molar-refractivity contribution in [2.75, 3.05) is 41.5 Å². The zero-order valence-electron chi connectivity index (χ0n) is 19.5. The third-order valence-corrected chi connectivity index (χ3v) is 7.67. The molecule has 1 saturated heterocycles. The molecule has 1 fully saturated rings. The first-order valence-electron chi connectivity index (χ1n) is 10.7. The molecule has 1 aliphatic heterocycles. The molecule has 1 unspecified atom stereocenters. The first-order valence-corrected chi connectivity index (χ1v) is 12.1. The molecule has 0 radical (unpaired) electrons. The van der Waals surface area contributed by atoms with Crippen LogP contribution in [0.25, 0.3) is 11.4 Å². The van der Waals surface area contributed by atoms with Gasteiger partial charge in [0.25, 0.3) is 0 Å². The van der Waals surface area contributed by atoms with Crippen molar-refractivity contribution in [1.29, 1.82) is 0 Å². The fourth-order valence-corrected chi connectivity index (χ4v) is 5.51. The number of methoxy groups -OCH3 is 4. The normalized spacial score (nSPS) is 16.8. The van der Waals surface area contributed by atoms with Gasteiger partial charge in [-0.2, -0.15) is 9.29 Å². The number of rotatable bonds is 8. The van der Waals surface area contributed by atoms with E-state index in [1.165, 1.54) is 32.7 Å². The molecule has 2 aromatic carbocycles. The van der Waals surface area contributed by atoms with Gasteiger partial charge in [-0.3, -0.25) is 0 Å². The predicted octanol–water partition coefficient (Wildman–Crippen LogP) is 3.34. The van der Waals surface area contributed by atoms with Gasteiger partial charge in [0.1, 0.15) is 5.75 Å². The van der Waals surface area contributed by atoms with Gasteiger partial charge in [0.2, 0.25) is 27.5 Å². The zero-order valence-corrected chi connectivity index (χ0v) is 20.3. The summed E-state index contributed by atoms with van der Waals surface area (Å²) in [6.45, 7) is 0.685. The SMILES string of the molecule is COc1ccc(S(=O)(=O)N2CCCC(c3nc(-c4cc(OC)c(OC)c(OC)c4)no3)C2)cc1. The van der Waals surface area contributed by atoms with Crippen LogP contribution in [0.4, 0.5) is 0 Å². The molecule has 0 aliphatic carbocycles. The lowest BCUT2D eigenvalue weighted by Gasteiger charge is -2.30. The highest BCUT2D eigenvalue weighted by Gasteiger charge is 2.33. The number of piperidine rings is 1. The van der Waals surface area contributed by atoms with Crippen molar-refractivity contribution in [2.45, 2.75) is 23.7 Å². The Bertz CT molecular complexity index is 1220. The van der Waals surface area contributed by atoms with E-state index in [4.69, 9.17) is 23.5 Å². The Morgan fingerprint density at radius 3 is 2.24 bits per heavy atom. The van der Waals surface area contributed by atoms with Gasteiger partial charge in [-0.25, -0.2) is 8.42 Å². The highest BCUT2D eigenvalue weighted by molar-refractivity contribution is 7.89. The summed E-state index contributed by atoms with van der Waals surface area (Å²) < 4.78 is 54.6. The van der Waals surface area contributed by atoms with Crippen molar-refractivity contribution in [2.24, 2.45) is 0 Å². The lowest BCUT2D eigenvalue weighted by molar-refractivity contribution is 0.265. The minimum Gasteiger partial charge on any atom is -0.497 e. The average Bonchev–Trinajstić information content (AvgIpc) is 3.38. The van der Waals surface area contributed by atoms with Crippen LogP contribution in [-0.4, -0.2) is 64.4 Å². The van der Waals surface area contributed by atoms with Gasteiger partial charge in [-0.1, -0.05) is 5.16 Å². The summed E-state index contributed by atoms with van der Waals surface area (Å²) in [6.07, 6.45) is 1.42. The van der Waals surface area contributed by atoms with E-state index in [2.05, 4.69) is 10.1 Å². The lowest BCUT2D eigenvalue weighted by Crippen LogP contribution is -2.39. The molecule has 2 heterocycles. The van der Waals surface area contributed by atoms with Gasteiger partial charge >= 0.3 is 0 Å². The Balaban J connectivity index is 1.57. The molecule has 0 N–H and O–H groups in total. The average molecular weight is 490 g/mol. The van der Waals surface area contributed by atoms with E-state index in [1.807, 2.05) is 0 Å². The van der Waals surface area contributed by atoms with Crippen LogP contribution in [0.1, 0.15) is 24.7 Å². The number of hydrogen-bond acceptors (Lipinski definition) is 9. The van der Waals surface area contributed by atoms with Crippen molar-refractivity contribution in [3.05, 3.63) is 42.3 Å². The van der Waals surface area contributed by atoms with Crippen molar-refractivity contribution in [1.82, 2.24) is 14.4 Å². The molecule has 0 spiro atoms. The summed E-state index contributed by atoms with van der Waals surface area (Å²) in [6, 6.07) is 9.83. The van der Waals surface area contributed by atoms with Crippen LogP contribution in [0.5, 0.6) is 23.0 Å². The second-order valence-corrected chi connectivity index (χ2v) is 9.69. The van der Waals surface area contributed by atoms with Crippen molar-refractivity contribution >= 4 is 10.0 Å². The Kier molecular flexibility index (Phi) is 6.94. The fraction of sp³-hybridized carbons (Fsp3) is 0.391. The second kappa shape index (κ2) is 9.90. The van der Waals surface area contributed by atoms with E-state index in [0.29, 0.717) is 53.2 Å². The van der Waals surface area contributed by atoms with Gasteiger partial charge < -0.3 is 23.5 Å². The molecule has 1 aromatic heterocycles. The molecule has 11 heteroatoms. The molecule has 1 atom stereocenters. The highest BCUT2D eigenvalue weighted by Crippen LogP contribution is 2.41. The number of sulfonamides is 1. The van der Waals surface area contributed by atoms with Gasteiger partial charge in [-0.05, 0) is 49.2 Å². The van der Waals surface area contributed by atoms with Gasteiger partial charge in [0.05, 0.1) is 39.3 Å². The predicted molar refractivity (Wildman–Crippen MR) is 123 cm³/mol. The number of benzene rings is 2. The van der Waals surface area contributed by atoms with Gasteiger partial charge in [0.15, 0.2) is 11.5 Å². The molecular formula is C23H27N3O7S. The van der Waals surface area contributed by atoms with E-state index < -0.39 is 10.0 Å². The van der Waals surface area contributed by atoms with Crippen LogP contribution in [0.2, 0.25) is 0 Å². The van der Waals surface area contributed by atoms with Crippen LogP contribution in [0.15, 0.2) is 45.8 Å². The van der Waals surface area contributed by atoms with Crippen LogP contribution in [-0.2, 0) is 10.0 Å². The molecule has 4 rings (SSSR count). The fourth-order valence-electron chi connectivity index (χ4n) is 3.99. The van der Waals surface area contributed by atoms with E-state index in [9.17, 15) is 8.42 Å². The topological polar surface area (TPSA) is 113 Å². The Labute approximate surface area is 198 Å². The molecule has 182 valence electrons. The van der Waals surface area contributed by atoms with E-state index in [-0.39, 0.29) is 17.4 Å². The molecule has 1 aliphatic rings. The van der Waals surface area contributed by atoms with Gasteiger partial charge in [0, 0.05) is 18.7 Å². The van der Waals surface area contributed by atoms with Crippen molar-refractivity contribution in [3.63, 3.8) is 0 Å². The first-order chi connectivity index (χ1) is 16.4. The standard InChI is InChI=1S/C23H27N3O7S/c1-29-17-7-9-18(10-8-17)34(27,28)26-11-5-6-15(14-26)23-24-22(25-33-23)16-12-19(30-2)21(32-4)20(13-16)31-3/h7-10,12-13,15H,5-6,11,14H2,1-4H3. The number of hydrogen-bond donors (Lipinski definition) is 0. The largest absolute Gasteiger partial charge is 0.497 e. The third kappa shape index (κ3) is 4.53. The summed E-state index contributed by atoms with van der Waals surface area (Å²) in [5, 5.41) is 4.11. The summed E-state index contributed by atoms with van der Waals surface area (Å²) in [5.41, 5.74) is 0.628. The highest BCUT2D eigenvalue weighted by atomic mass is 32.2. The maximum atomic E-state index is 13.2. The summed E-state index contributed by atoms with van der Waals surface area (Å²) in [7, 11) is 2.47. The molecule has 3 aromatic rings. The maximum absolute atomic E-state index is 13.2. The number of aromatic nitrogens is 2. The molecule has 0 saturated carbocycles. The number of ether oxygens (including phenoxy) is 4. The Morgan fingerprint density at radius 2 is 1.65 bits per heavy atom. The molecule has 10 nitrogen and oxygen atoms in total. The zero-order chi connectivity index (χ0) is 24.3. The molecular weight excluding hydrogens is 462 g/mol. The Morgan fingerprint density at radius 1 is 0.971 bits per heavy atom. The lowest BCUT2D eigenvalue weighted by atomic mass is 10.00. The quantitative estimate of drug-likeness (QED) is 0.470. The van der Waals surface area contributed by atoms with Crippen LogP contribution >= 0.6 is 0 Å². The smallest absolute Gasteiger partial charge is 0.243 e. The van der Waals surface area contributed by atoms with E-state index >= 15 is 0 Å². The second-order valence-electron chi connectivity index (χ2n) is 7.75. The third-order valence-electron chi connectivity index (χ3n) is 5.80. The first kappa shape index (κ1) is 23.8. The summed E-state index contributed by atoms with van der Waals surface area (Å²) in [5.74, 6) is 2.52. The monoisotopic (exact) mass is 489 g/mol. The van der Waals surface area contributed by atoms with Crippen LogP contribution < -0.4 is 18.9 Å². The minimum atomic E-state index is -3.66. The van der Waals surface area contributed by atoms with E-state index in [0.717, 1.165) is 6.42 Å². The minimum absolute atomic E-state index is 0.218. The maximum Gasteiger partial charge on any atom is 0.243 e. The molecule has 0 bridgehead atoms. The summed E-state index contributed by atoms with van der Waals surface area (Å²) in [4.78, 5) is 4.77. The van der Waals surface area contributed by atoms with Crippen molar-refractivity contribution in [3.8, 4) is 34.4 Å². The summed E-state index contributed by atoms with van der Waals surface area (Å²) >= 11 is 0. The van der Waals surface area contributed by atoms with Gasteiger partial charge in [-0.15, -0.1) is 0 Å². The van der Waals surface area contributed by atoms with Crippen LogP contribution in [0, 0.1) is 0 Å². The molecule has 0 amide bonds. The Hall–Kier alpha value is -3.31.